The molecule has 0 bridgehead atoms. The number of hydrogen-bond acceptors (Lipinski definition) is 8. The molecule has 2 heterocycles. The van der Waals surface area contributed by atoms with Gasteiger partial charge in [-0.25, -0.2) is 13.4 Å². The summed E-state index contributed by atoms with van der Waals surface area (Å²) in [5, 5.41) is 4.81. The van der Waals surface area contributed by atoms with Crippen LogP contribution in [0, 0.1) is 0 Å². The molecule has 8 nitrogen and oxygen atoms in total. The number of carbonyl (C=O) groups excluding carboxylic acids is 1. The molecule has 1 aliphatic heterocycles. The fourth-order valence-corrected chi connectivity index (χ4v) is 3.59. The van der Waals surface area contributed by atoms with E-state index in [0.717, 1.165) is 11.8 Å². The number of anilines is 1. The van der Waals surface area contributed by atoms with Crippen LogP contribution in [0.2, 0.25) is 0 Å². The Morgan fingerprint density at radius 3 is 2.92 bits per heavy atom. The SMILES string of the molecule is CS(=O)(=O)CCC(N)C(=O)Nc1nc(-c2ccc3c(c2)OCO3)cs1. The molecule has 0 saturated carbocycles. The molecule has 3 N–H and O–H groups in total. The molecule has 0 saturated heterocycles. The molecule has 134 valence electrons. The largest absolute Gasteiger partial charge is 0.454 e. The van der Waals surface area contributed by atoms with Gasteiger partial charge < -0.3 is 20.5 Å². The van der Waals surface area contributed by atoms with Gasteiger partial charge in [-0.1, -0.05) is 0 Å². The van der Waals surface area contributed by atoms with Crippen molar-refractivity contribution in [3.8, 4) is 22.8 Å². The lowest BCUT2D eigenvalue weighted by Gasteiger charge is -2.09. The number of aromatic nitrogens is 1. The van der Waals surface area contributed by atoms with Crippen molar-refractivity contribution in [3.05, 3.63) is 23.6 Å². The summed E-state index contributed by atoms with van der Waals surface area (Å²) in [4.78, 5) is 16.4. The van der Waals surface area contributed by atoms with Gasteiger partial charge in [0.25, 0.3) is 0 Å². The summed E-state index contributed by atoms with van der Waals surface area (Å²) in [6.45, 7) is 0.197. The predicted octanol–water partition coefficient (Wildman–Crippen LogP) is 1.24. The summed E-state index contributed by atoms with van der Waals surface area (Å²) in [6, 6.07) is 4.57. The summed E-state index contributed by atoms with van der Waals surface area (Å²) in [6.07, 6.45) is 1.17. The number of nitrogens with zero attached hydrogens (tertiary/aromatic N) is 1. The maximum atomic E-state index is 12.0. The summed E-state index contributed by atoms with van der Waals surface area (Å²) in [5.74, 6) is 0.737. The topological polar surface area (TPSA) is 121 Å². The molecular weight excluding hydrogens is 366 g/mol. The van der Waals surface area contributed by atoms with Gasteiger partial charge in [-0.3, -0.25) is 4.79 Å². The van der Waals surface area contributed by atoms with Crippen molar-refractivity contribution in [2.24, 2.45) is 5.73 Å². The fourth-order valence-electron chi connectivity index (χ4n) is 2.19. The van der Waals surface area contributed by atoms with E-state index in [1.54, 1.807) is 11.4 Å². The minimum atomic E-state index is -3.16. The van der Waals surface area contributed by atoms with Crippen LogP contribution in [0.4, 0.5) is 5.13 Å². The van der Waals surface area contributed by atoms with Gasteiger partial charge in [0.15, 0.2) is 16.6 Å². The summed E-state index contributed by atoms with van der Waals surface area (Å²) < 4.78 is 32.9. The Bertz CT molecular complexity index is 894. The lowest BCUT2D eigenvalue weighted by molar-refractivity contribution is -0.117. The van der Waals surface area contributed by atoms with Crippen molar-refractivity contribution < 1.29 is 22.7 Å². The Morgan fingerprint density at radius 1 is 1.40 bits per heavy atom. The number of carbonyl (C=O) groups is 1. The zero-order valence-corrected chi connectivity index (χ0v) is 15.0. The van der Waals surface area contributed by atoms with Crippen molar-refractivity contribution in [2.75, 3.05) is 24.1 Å². The molecule has 0 spiro atoms. The highest BCUT2D eigenvalue weighted by Gasteiger charge is 2.18. The molecule has 1 atom stereocenters. The number of sulfone groups is 1. The Balaban J connectivity index is 1.64. The monoisotopic (exact) mass is 383 g/mol. The third kappa shape index (κ3) is 4.47. The predicted molar refractivity (Wildman–Crippen MR) is 94.6 cm³/mol. The second-order valence-corrected chi connectivity index (χ2v) is 8.74. The fraction of sp³-hybridized carbons (Fsp3) is 0.333. The zero-order chi connectivity index (χ0) is 18.0. The van der Waals surface area contributed by atoms with E-state index in [4.69, 9.17) is 15.2 Å². The third-order valence-electron chi connectivity index (χ3n) is 3.54. The van der Waals surface area contributed by atoms with E-state index in [1.165, 1.54) is 11.3 Å². The highest BCUT2D eigenvalue weighted by atomic mass is 32.2. The van der Waals surface area contributed by atoms with Gasteiger partial charge in [0.1, 0.15) is 9.84 Å². The van der Waals surface area contributed by atoms with Crippen molar-refractivity contribution in [3.63, 3.8) is 0 Å². The average Bonchev–Trinajstić information content (AvgIpc) is 3.19. The summed E-state index contributed by atoms with van der Waals surface area (Å²) in [7, 11) is -3.16. The minimum Gasteiger partial charge on any atom is -0.454 e. The summed E-state index contributed by atoms with van der Waals surface area (Å²) in [5.41, 5.74) is 7.24. The van der Waals surface area contributed by atoms with Crippen LogP contribution in [-0.2, 0) is 14.6 Å². The first kappa shape index (κ1) is 17.6. The van der Waals surface area contributed by atoms with Crippen LogP contribution in [0.3, 0.4) is 0 Å². The standard InChI is InChI=1S/C15H17N3O5S2/c1-25(20,21)5-4-10(16)14(19)18-15-17-11(7-24-15)9-2-3-12-13(6-9)23-8-22-12/h2-3,6-7,10H,4-5,8,16H2,1H3,(H,17,18,19). The Kier molecular flexibility index (Phi) is 4.93. The number of fused-ring (bicyclic) bond motifs is 1. The van der Waals surface area contributed by atoms with E-state index in [9.17, 15) is 13.2 Å². The average molecular weight is 383 g/mol. The van der Waals surface area contributed by atoms with Crippen LogP contribution in [0.5, 0.6) is 11.5 Å². The van der Waals surface area contributed by atoms with Crippen LogP contribution in [0.1, 0.15) is 6.42 Å². The number of hydrogen-bond donors (Lipinski definition) is 2. The first-order valence-corrected chi connectivity index (χ1v) is 10.4. The van der Waals surface area contributed by atoms with Crippen LogP contribution >= 0.6 is 11.3 Å². The van der Waals surface area contributed by atoms with Crippen LogP contribution in [-0.4, -0.2) is 44.2 Å². The van der Waals surface area contributed by atoms with Gasteiger partial charge in [-0.2, -0.15) is 0 Å². The summed E-state index contributed by atoms with van der Waals surface area (Å²) >= 11 is 1.26. The second-order valence-electron chi connectivity index (χ2n) is 5.62. The van der Waals surface area contributed by atoms with E-state index in [-0.39, 0.29) is 19.0 Å². The molecule has 0 aliphatic carbocycles. The minimum absolute atomic E-state index is 0.0606. The normalized spacial score (nSPS) is 14.3. The highest BCUT2D eigenvalue weighted by Crippen LogP contribution is 2.36. The first-order chi connectivity index (χ1) is 11.8. The van der Waals surface area contributed by atoms with Gasteiger partial charge >= 0.3 is 0 Å². The van der Waals surface area contributed by atoms with E-state index >= 15 is 0 Å². The van der Waals surface area contributed by atoms with Gasteiger partial charge in [0, 0.05) is 17.2 Å². The van der Waals surface area contributed by atoms with Crippen LogP contribution < -0.4 is 20.5 Å². The maximum Gasteiger partial charge on any atom is 0.243 e. The molecular formula is C15H17N3O5S2. The van der Waals surface area contributed by atoms with Gasteiger partial charge in [0.2, 0.25) is 12.7 Å². The van der Waals surface area contributed by atoms with Gasteiger partial charge in [-0.15, -0.1) is 11.3 Å². The molecule has 1 unspecified atom stereocenters. The van der Waals surface area contributed by atoms with E-state index in [0.29, 0.717) is 22.3 Å². The number of amides is 1. The second kappa shape index (κ2) is 6.98. The third-order valence-corrected chi connectivity index (χ3v) is 5.27. The molecule has 25 heavy (non-hydrogen) atoms. The lowest BCUT2D eigenvalue weighted by atomic mass is 10.1. The van der Waals surface area contributed by atoms with E-state index < -0.39 is 21.8 Å². The number of thiazole rings is 1. The number of nitrogens with two attached hydrogens (primary N) is 1. The Labute approximate surface area is 148 Å². The van der Waals surface area contributed by atoms with Gasteiger partial charge in [-0.05, 0) is 24.6 Å². The van der Waals surface area contributed by atoms with Crippen molar-refractivity contribution in [2.45, 2.75) is 12.5 Å². The van der Waals surface area contributed by atoms with Crippen molar-refractivity contribution >= 4 is 32.2 Å². The first-order valence-electron chi connectivity index (χ1n) is 7.41. The highest BCUT2D eigenvalue weighted by molar-refractivity contribution is 7.90. The number of rotatable bonds is 6. The molecule has 1 aromatic heterocycles. The van der Waals surface area contributed by atoms with Crippen molar-refractivity contribution in [1.29, 1.82) is 0 Å². The smallest absolute Gasteiger partial charge is 0.243 e. The van der Waals surface area contributed by atoms with Gasteiger partial charge in [0.05, 0.1) is 17.5 Å². The Hall–Kier alpha value is -2.17. The van der Waals surface area contributed by atoms with Crippen LogP contribution in [0.15, 0.2) is 23.6 Å². The molecule has 3 rings (SSSR count). The maximum absolute atomic E-state index is 12.0. The molecule has 10 heteroatoms. The van der Waals surface area contributed by atoms with Crippen LogP contribution in [0.25, 0.3) is 11.3 Å². The molecule has 1 aromatic carbocycles. The number of nitrogens with one attached hydrogen (secondary N) is 1. The number of ether oxygens (including phenoxy) is 2. The van der Waals surface area contributed by atoms with Crippen molar-refractivity contribution in [1.82, 2.24) is 4.98 Å². The quantitative estimate of drug-likeness (QED) is 0.770. The van der Waals surface area contributed by atoms with E-state index in [2.05, 4.69) is 10.3 Å². The molecule has 0 fully saturated rings. The Morgan fingerprint density at radius 2 is 2.16 bits per heavy atom. The lowest BCUT2D eigenvalue weighted by Crippen LogP contribution is -2.37. The molecule has 2 aromatic rings. The van der Waals surface area contributed by atoms with E-state index in [1.807, 2.05) is 12.1 Å². The molecule has 1 aliphatic rings. The molecule has 0 radical (unpaired) electrons. The number of benzene rings is 1. The molecule has 1 amide bonds. The zero-order valence-electron chi connectivity index (χ0n) is 13.4.